The predicted molar refractivity (Wildman–Crippen MR) is 106 cm³/mol. The van der Waals surface area contributed by atoms with E-state index in [2.05, 4.69) is 5.32 Å². The molecular weight excluding hydrogens is 374 g/mol. The van der Waals surface area contributed by atoms with Crippen molar-refractivity contribution in [2.45, 2.75) is 25.8 Å². The van der Waals surface area contributed by atoms with Crippen molar-refractivity contribution >= 4 is 17.3 Å². The molecule has 1 aromatic carbocycles. The molecule has 1 aromatic rings. The molecule has 0 spiro atoms. The van der Waals surface area contributed by atoms with Gasteiger partial charge in [-0.15, -0.1) is 0 Å². The number of rotatable bonds is 5. The molecule has 0 saturated heterocycles. The zero-order valence-corrected chi connectivity index (χ0v) is 17.3. The Morgan fingerprint density at radius 3 is 2.38 bits per heavy atom. The number of amides is 1. The number of hydrogen-bond acceptors (Lipinski definition) is 6. The number of ether oxygens (including phenoxy) is 4. The first-order chi connectivity index (χ1) is 14.0. The van der Waals surface area contributed by atoms with Crippen LogP contribution in [0.3, 0.4) is 0 Å². The Balaban J connectivity index is 1.96. The first-order valence-electron chi connectivity index (χ1n) is 9.60. The largest absolute Gasteiger partial charge is 0.493 e. The van der Waals surface area contributed by atoms with Crippen molar-refractivity contribution in [2.75, 3.05) is 28.4 Å². The van der Waals surface area contributed by atoms with E-state index in [-0.39, 0.29) is 29.6 Å². The third-order valence-electron chi connectivity index (χ3n) is 6.05. The second kappa shape index (κ2) is 7.13. The first-order valence-corrected chi connectivity index (χ1v) is 9.60. The summed E-state index contributed by atoms with van der Waals surface area (Å²) in [7, 11) is 6.27. The summed E-state index contributed by atoms with van der Waals surface area (Å²) < 4.78 is 22.2. The number of carbonyl (C=O) groups excluding carboxylic acids is 2. The molecule has 1 amide bonds. The molecule has 3 atom stereocenters. The molecule has 0 fully saturated rings. The molecule has 29 heavy (non-hydrogen) atoms. The van der Waals surface area contributed by atoms with Gasteiger partial charge in [-0.05, 0) is 41.7 Å². The SMILES string of the molecule is COC1=C[C@H]2C3=C([C@@H]2C1=O)[C@@H](NC(C)=O)CCc1cc(OC)c(OC)c(OC)c13. The molecule has 0 radical (unpaired) electrons. The molecule has 0 aliphatic heterocycles. The lowest BCUT2D eigenvalue weighted by Gasteiger charge is -2.40. The highest BCUT2D eigenvalue weighted by Gasteiger charge is 2.54. The molecule has 3 aliphatic carbocycles. The third-order valence-corrected chi connectivity index (χ3v) is 6.05. The summed E-state index contributed by atoms with van der Waals surface area (Å²) in [5.74, 6) is 1.50. The Kier molecular flexibility index (Phi) is 4.76. The minimum atomic E-state index is -0.305. The van der Waals surface area contributed by atoms with Gasteiger partial charge in [-0.25, -0.2) is 0 Å². The van der Waals surface area contributed by atoms with Gasteiger partial charge in [0.05, 0.1) is 40.4 Å². The second-order valence-corrected chi connectivity index (χ2v) is 7.44. The second-order valence-electron chi connectivity index (χ2n) is 7.44. The van der Waals surface area contributed by atoms with Gasteiger partial charge in [-0.3, -0.25) is 9.59 Å². The van der Waals surface area contributed by atoms with Crippen LogP contribution in [0.15, 0.2) is 23.5 Å². The molecule has 0 heterocycles. The first kappa shape index (κ1) is 19.4. The molecule has 0 unspecified atom stereocenters. The Bertz CT molecular complexity index is 961. The normalized spacial score (nSPS) is 24.4. The number of methoxy groups -OCH3 is 4. The molecule has 0 bridgehead atoms. The summed E-state index contributed by atoms with van der Waals surface area (Å²) in [4.78, 5) is 24.7. The molecule has 154 valence electrons. The number of aryl methyl sites for hydroxylation is 1. The van der Waals surface area contributed by atoms with Crippen LogP contribution >= 0.6 is 0 Å². The van der Waals surface area contributed by atoms with Crippen molar-refractivity contribution in [1.82, 2.24) is 5.32 Å². The Morgan fingerprint density at radius 2 is 1.79 bits per heavy atom. The number of benzene rings is 1. The van der Waals surface area contributed by atoms with Gasteiger partial charge < -0.3 is 24.3 Å². The van der Waals surface area contributed by atoms with Crippen LogP contribution in [0.25, 0.3) is 5.57 Å². The van der Waals surface area contributed by atoms with Gasteiger partial charge in [-0.1, -0.05) is 0 Å². The quantitative estimate of drug-likeness (QED) is 0.818. The molecular formula is C22H25NO6. The Hall–Kier alpha value is -2.96. The van der Waals surface area contributed by atoms with Crippen LogP contribution in [0.1, 0.15) is 24.5 Å². The van der Waals surface area contributed by atoms with Crippen molar-refractivity contribution in [2.24, 2.45) is 11.8 Å². The Morgan fingerprint density at radius 1 is 1.07 bits per heavy atom. The van der Waals surface area contributed by atoms with Crippen LogP contribution in [0.2, 0.25) is 0 Å². The van der Waals surface area contributed by atoms with Crippen LogP contribution in [0, 0.1) is 11.8 Å². The number of ketones is 1. The van der Waals surface area contributed by atoms with Gasteiger partial charge >= 0.3 is 0 Å². The van der Waals surface area contributed by atoms with E-state index in [9.17, 15) is 9.59 Å². The molecule has 1 N–H and O–H groups in total. The van der Waals surface area contributed by atoms with E-state index in [4.69, 9.17) is 18.9 Å². The van der Waals surface area contributed by atoms with Crippen LogP contribution in [0.4, 0.5) is 0 Å². The van der Waals surface area contributed by atoms with Crippen molar-refractivity contribution < 1.29 is 28.5 Å². The van der Waals surface area contributed by atoms with Gasteiger partial charge in [0.2, 0.25) is 17.4 Å². The van der Waals surface area contributed by atoms with E-state index in [1.165, 1.54) is 14.0 Å². The minimum absolute atomic E-state index is 0.0329. The fourth-order valence-corrected chi connectivity index (χ4v) is 4.94. The van der Waals surface area contributed by atoms with Crippen LogP contribution < -0.4 is 19.5 Å². The molecule has 7 heteroatoms. The molecule has 4 rings (SSSR count). The molecule has 3 aliphatic rings. The number of nitrogens with one attached hydrogen (secondary N) is 1. The summed E-state index contributed by atoms with van der Waals surface area (Å²) in [6.07, 6.45) is 3.27. The lowest BCUT2D eigenvalue weighted by molar-refractivity contribution is -0.122. The zero-order valence-electron chi connectivity index (χ0n) is 17.3. The van der Waals surface area contributed by atoms with E-state index in [0.717, 1.165) is 22.3 Å². The predicted octanol–water partition coefficient (Wildman–Crippen LogP) is 2.28. The van der Waals surface area contributed by atoms with Gasteiger partial charge in [-0.2, -0.15) is 0 Å². The summed E-state index contributed by atoms with van der Waals surface area (Å²) in [6.45, 7) is 1.50. The number of allylic oxidation sites excluding steroid dienone is 3. The van der Waals surface area contributed by atoms with Gasteiger partial charge in [0, 0.05) is 18.4 Å². The fraction of sp³-hybridized carbons (Fsp3) is 0.455. The van der Waals surface area contributed by atoms with Crippen molar-refractivity contribution in [3.05, 3.63) is 34.6 Å². The van der Waals surface area contributed by atoms with Crippen LogP contribution in [-0.2, 0) is 20.7 Å². The summed E-state index contributed by atoms with van der Waals surface area (Å²) in [6, 6.07) is 1.74. The van der Waals surface area contributed by atoms with E-state index in [1.54, 1.807) is 21.3 Å². The van der Waals surface area contributed by atoms with E-state index < -0.39 is 0 Å². The summed E-state index contributed by atoms with van der Waals surface area (Å²) in [5, 5.41) is 3.03. The fourth-order valence-electron chi connectivity index (χ4n) is 4.94. The van der Waals surface area contributed by atoms with Crippen molar-refractivity contribution in [3.63, 3.8) is 0 Å². The summed E-state index contributed by atoms with van der Waals surface area (Å²) in [5.41, 5.74) is 3.93. The average Bonchev–Trinajstić information content (AvgIpc) is 2.89. The van der Waals surface area contributed by atoms with E-state index in [1.807, 2.05) is 12.1 Å². The Labute approximate surface area is 169 Å². The third kappa shape index (κ3) is 2.71. The number of fused-ring (bicyclic) bond motifs is 5. The highest BCUT2D eigenvalue weighted by molar-refractivity contribution is 6.08. The zero-order chi connectivity index (χ0) is 20.9. The van der Waals surface area contributed by atoms with Gasteiger partial charge in [0.1, 0.15) is 0 Å². The average molecular weight is 399 g/mol. The smallest absolute Gasteiger partial charge is 0.217 e. The maximum atomic E-state index is 12.9. The lowest BCUT2D eigenvalue weighted by Crippen LogP contribution is -2.44. The minimum Gasteiger partial charge on any atom is -0.493 e. The maximum Gasteiger partial charge on any atom is 0.217 e. The highest BCUT2D eigenvalue weighted by Crippen LogP contribution is 2.59. The van der Waals surface area contributed by atoms with Gasteiger partial charge in [0.15, 0.2) is 17.3 Å². The molecule has 7 nitrogen and oxygen atoms in total. The maximum absolute atomic E-state index is 12.9. The van der Waals surface area contributed by atoms with Gasteiger partial charge in [0.25, 0.3) is 0 Å². The van der Waals surface area contributed by atoms with Crippen molar-refractivity contribution in [1.29, 1.82) is 0 Å². The van der Waals surface area contributed by atoms with Crippen LogP contribution in [-0.4, -0.2) is 46.2 Å². The summed E-state index contributed by atoms with van der Waals surface area (Å²) >= 11 is 0. The lowest BCUT2D eigenvalue weighted by atomic mass is 9.64. The monoisotopic (exact) mass is 399 g/mol. The number of hydrogen-bond donors (Lipinski definition) is 1. The van der Waals surface area contributed by atoms with Crippen molar-refractivity contribution in [3.8, 4) is 17.2 Å². The molecule has 0 aromatic heterocycles. The molecule has 0 saturated carbocycles. The standard InChI is InChI=1S/C22H25NO6/c1-10(24)23-13-7-6-11-8-15(27-3)21(28-4)22(29-5)16(11)17-12-9-14(26-2)20(25)18(12)19(13)17/h8-9,12-13,18H,6-7H2,1-5H3,(H,23,24)/t12-,13-,18+/m0/s1. The highest BCUT2D eigenvalue weighted by atomic mass is 16.5. The van der Waals surface area contributed by atoms with E-state index in [0.29, 0.717) is 35.8 Å². The van der Waals surface area contributed by atoms with Crippen LogP contribution in [0.5, 0.6) is 17.2 Å². The topological polar surface area (TPSA) is 83.1 Å². The number of Topliss-reactive ketones (excluding diaryl/α,β-unsaturated/α-hetero) is 1. The number of carbonyl (C=O) groups is 2. The van der Waals surface area contributed by atoms with E-state index >= 15 is 0 Å².